The molecule has 1 fully saturated rings. The molecule has 0 bridgehead atoms. The number of piperidine rings is 1. The first-order valence-electron chi connectivity index (χ1n) is 11.4. The standard InChI is InChI=1S/C28H29FN2O/c1-20-7-9-22(10-8-20)27(32)31-19-28(25-17-24(29)11-12-26(25)31)13-15-30(16-14-28)18-23-6-4-3-5-21(23)2/h3-12,17H,13-16,18-19H2,1-2H3. The quantitative estimate of drug-likeness (QED) is 0.539. The number of hydrogen-bond donors (Lipinski definition) is 0. The molecule has 3 aromatic carbocycles. The molecule has 2 aliphatic rings. The number of halogens is 1. The Hall–Kier alpha value is -2.98. The van der Waals surface area contributed by atoms with Gasteiger partial charge in [0.15, 0.2) is 0 Å². The molecule has 164 valence electrons. The minimum Gasteiger partial charge on any atom is -0.307 e. The summed E-state index contributed by atoms with van der Waals surface area (Å²) < 4.78 is 14.3. The Labute approximate surface area is 189 Å². The van der Waals surface area contributed by atoms with E-state index < -0.39 is 0 Å². The third-order valence-corrected chi connectivity index (χ3v) is 7.29. The van der Waals surface area contributed by atoms with Crippen molar-refractivity contribution in [1.29, 1.82) is 0 Å². The molecule has 3 nitrogen and oxygen atoms in total. The van der Waals surface area contributed by atoms with E-state index in [4.69, 9.17) is 0 Å². The van der Waals surface area contributed by atoms with Crippen LogP contribution in [0, 0.1) is 19.7 Å². The third-order valence-electron chi connectivity index (χ3n) is 7.29. The van der Waals surface area contributed by atoms with E-state index >= 15 is 0 Å². The van der Waals surface area contributed by atoms with E-state index in [1.165, 1.54) is 17.2 Å². The topological polar surface area (TPSA) is 23.6 Å². The molecule has 0 unspecified atom stereocenters. The van der Waals surface area contributed by atoms with Gasteiger partial charge in [-0.05, 0) is 86.8 Å². The van der Waals surface area contributed by atoms with E-state index in [2.05, 4.69) is 36.1 Å². The first-order valence-corrected chi connectivity index (χ1v) is 11.4. The van der Waals surface area contributed by atoms with Gasteiger partial charge in [-0.1, -0.05) is 42.0 Å². The first kappa shape index (κ1) is 20.9. The van der Waals surface area contributed by atoms with Crippen LogP contribution in [0.4, 0.5) is 10.1 Å². The van der Waals surface area contributed by atoms with Gasteiger partial charge in [0.05, 0.1) is 0 Å². The molecule has 0 N–H and O–H groups in total. The summed E-state index contributed by atoms with van der Waals surface area (Å²) in [5, 5.41) is 0. The summed E-state index contributed by atoms with van der Waals surface area (Å²) in [5.41, 5.74) is 6.16. The Morgan fingerprint density at radius 3 is 2.41 bits per heavy atom. The number of amides is 1. The zero-order chi connectivity index (χ0) is 22.3. The van der Waals surface area contributed by atoms with Gasteiger partial charge in [0.1, 0.15) is 5.82 Å². The van der Waals surface area contributed by atoms with Crippen LogP contribution in [0.2, 0.25) is 0 Å². The van der Waals surface area contributed by atoms with E-state index in [1.807, 2.05) is 36.1 Å². The fourth-order valence-electron chi connectivity index (χ4n) is 5.27. The van der Waals surface area contributed by atoms with Gasteiger partial charge >= 0.3 is 0 Å². The molecule has 32 heavy (non-hydrogen) atoms. The predicted octanol–water partition coefficient (Wildman–Crippen LogP) is 5.64. The van der Waals surface area contributed by atoms with Crippen molar-refractivity contribution in [1.82, 2.24) is 4.90 Å². The Bertz CT molecular complexity index is 1150. The van der Waals surface area contributed by atoms with Crippen molar-refractivity contribution in [3.63, 3.8) is 0 Å². The molecule has 1 spiro atoms. The second kappa shape index (κ2) is 8.18. The molecule has 0 aliphatic carbocycles. The molecule has 1 amide bonds. The van der Waals surface area contributed by atoms with Gasteiger partial charge in [0.25, 0.3) is 5.91 Å². The van der Waals surface area contributed by atoms with Crippen LogP contribution < -0.4 is 4.90 Å². The van der Waals surface area contributed by atoms with E-state index in [1.54, 1.807) is 12.1 Å². The molecule has 0 aromatic heterocycles. The summed E-state index contributed by atoms with van der Waals surface area (Å²) in [6.45, 7) is 7.61. The summed E-state index contributed by atoms with van der Waals surface area (Å²) in [7, 11) is 0. The number of carbonyl (C=O) groups is 1. The second-order valence-corrected chi connectivity index (χ2v) is 9.40. The Kier molecular flexibility index (Phi) is 5.34. The number of fused-ring (bicyclic) bond motifs is 2. The average Bonchev–Trinajstić information content (AvgIpc) is 3.10. The Morgan fingerprint density at radius 2 is 1.69 bits per heavy atom. The lowest BCUT2D eigenvalue weighted by atomic mass is 9.74. The van der Waals surface area contributed by atoms with Gasteiger partial charge in [-0.3, -0.25) is 9.69 Å². The summed E-state index contributed by atoms with van der Waals surface area (Å²) >= 11 is 0. The van der Waals surface area contributed by atoms with E-state index in [0.29, 0.717) is 12.1 Å². The Morgan fingerprint density at radius 1 is 0.969 bits per heavy atom. The highest BCUT2D eigenvalue weighted by Crippen LogP contribution is 2.48. The maximum absolute atomic E-state index is 14.3. The van der Waals surface area contributed by atoms with Crippen LogP contribution in [0.3, 0.4) is 0 Å². The summed E-state index contributed by atoms with van der Waals surface area (Å²) in [5.74, 6) is -0.229. The number of aryl methyl sites for hydroxylation is 2. The van der Waals surface area contributed by atoms with Crippen LogP contribution >= 0.6 is 0 Å². The zero-order valence-corrected chi connectivity index (χ0v) is 18.8. The van der Waals surface area contributed by atoms with E-state index in [0.717, 1.165) is 49.3 Å². The number of nitrogens with zero attached hydrogens (tertiary/aromatic N) is 2. The molecule has 2 heterocycles. The molecule has 0 saturated carbocycles. The highest BCUT2D eigenvalue weighted by Gasteiger charge is 2.46. The fourth-order valence-corrected chi connectivity index (χ4v) is 5.27. The molecule has 1 saturated heterocycles. The number of anilines is 1. The third kappa shape index (κ3) is 3.73. The average molecular weight is 429 g/mol. The maximum Gasteiger partial charge on any atom is 0.258 e. The molecule has 4 heteroatoms. The van der Waals surface area contributed by atoms with Gasteiger partial charge < -0.3 is 4.90 Å². The fraction of sp³-hybridized carbons (Fsp3) is 0.321. The lowest BCUT2D eigenvalue weighted by molar-refractivity contribution is 0.0975. The van der Waals surface area contributed by atoms with Crippen LogP contribution in [-0.4, -0.2) is 30.4 Å². The highest BCUT2D eigenvalue weighted by molar-refractivity contribution is 6.07. The van der Waals surface area contributed by atoms with Crippen LogP contribution in [0.1, 0.15) is 45.5 Å². The number of benzene rings is 3. The van der Waals surface area contributed by atoms with Crippen LogP contribution in [-0.2, 0) is 12.0 Å². The molecule has 0 radical (unpaired) electrons. The first-order chi connectivity index (χ1) is 15.4. The number of rotatable bonds is 3. The minimum atomic E-state index is -0.227. The van der Waals surface area contributed by atoms with E-state index in [9.17, 15) is 9.18 Å². The normalized spacial score (nSPS) is 17.5. The Balaban J connectivity index is 1.39. The number of likely N-dealkylation sites (tertiary alicyclic amines) is 1. The van der Waals surface area contributed by atoms with Crippen molar-refractivity contribution < 1.29 is 9.18 Å². The van der Waals surface area contributed by atoms with Crippen molar-refractivity contribution in [3.8, 4) is 0 Å². The summed E-state index contributed by atoms with van der Waals surface area (Å²) in [6, 6.07) is 21.1. The van der Waals surface area contributed by atoms with Crippen molar-refractivity contribution in [2.45, 2.75) is 38.6 Å². The highest BCUT2D eigenvalue weighted by atomic mass is 19.1. The van der Waals surface area contributed by atoms with Crippen LogP contribution in [0.15, 0.2) is 66.7 Å². The van der Waals surface area contributed by atoms with Gasteiger partial charge in [-0.15, -0.1) is 0 Å². The van der Waals surface area contributed by atoms with Crippen molar-refractivity contribution in [3.05, 3.63) is 100 Å². The van der Waals surface area contributed by atoms with E-state index in [-0.39, 0.29) is 17.1 Å². The van der Waals surface area contributed by atoms with Gasteiger partial charge in [0.2, 0.25) is 0 Å². The molecular weight excluding hydrogens is 399 g/mol. The van der Waals surface area contributed by atoms with Crippen molar-refractivity contribution in [2.75, 3.05) is 24.5 Å². The van der Waals surface area contributed by atoms with Gasteiger partial charge in [-0.25, -0.2) is 4.39 Å². The van der Waals surface area contributed by atoms with Crippen molar-refractivity contribution >= 4 is 11.6 Å². The van der Waals surface area contributed by atoms with Crippen molar-refractivity contribution in [2.24, 2.45) is 0 Å². The smallest absolute Gasteiger partial charge is 0.258 e. The largest absolute Gasteiger partial charge is 0.307 e. The summed E-state index contributed by atoms with van der Waals surface area (Å²) in [4.78, 5) is 17.8. The zero-order valence-electron chi connectivity index (χ0n) is 18.8. The lowest BCUT2D eigenvalue weighted by Gasteiger charge is -2.40. The molecule has 3 aromatic rings. The number of hydrogen-bond acceptors (Lipinski definition) is 2. The van der Waals surface area contributed by atoms with Crippen LogP contribution in [0.5, 0.6) is 0 Å². The molecule has 0 atom stereocenters. The lowest BCUT2D eigenvalue weighted by Crippen LogP contribution is -2.45. The predicted molar refractivity (Wildman–Crippen MR) is 127 cm³/mol. The summed E-state index contributed by atoms with van der Waals surface area (Å²) in [6.07, 6.45) is 1.85. The number of carbonyl (C=O) groups excluding carboxylic acids is 1. The maximum atomic E-state index is 14.3. The molecule has 5 rings (SSSR count). The van der Waals surface area contributed by atoms with Gasteiger partial charge in [-0.2, -0.15) is 0 Å². The second-order valence-electron chi connectivity index (χ2n) is 9.40. The monoisotopic (exact) mass is 428 g/mol. The van der Waals surface area contributed by atoms with Crippen LogP contribution in [0.25, 0.3) is 0 Å². The molecular formula is C28H29FN2O. The minimum absolute atomic E-state index is 0.00271. The SMILES string of the molecule is Cc1ccc(C(=O)N2CC3(CCN(Cc4ccccc4C)CC3)c3cc(F)ccc32)cc1. The molecule has 2 aliphatic heterocycles. The van der Waals surface area contributed by atoms with Gasteiger partial charge in [0, 0.05) is 29.8 Å².